The Morgan fingerprint density at radius 2 is 1.83 bits per heavy atom. The highest BCUT2D eigenvalue weighted by molar-refractivity contribution is 5.69. The van der Waals surface area contributed by atoms with Crippen molar-refractivity contribution in [3.8, 4) is 22.6 Å². The molecule has 0 aliphatic carbocycles. The van der Waals surface area contributed by atoms with Crippen LogP contribution >= 0.6 is 0 Å². The molecular weight excluding hydrogens is 299 g/mol. The van der Waals surface area contributed by atoms with Gasteiger partial charge < -0.3 is 4.74 Å². The summed E-state index contributed by atoms with van der Waals surface area (Å²) in [5, 5.41) is 10.7. The van der Waals surface area contributed by atoms with Gasteiger partial charge in [-0.25, -0.2) is 4.39 Å². The van der Waals surface area contributed by atoms with E-state index in [-0.39, 0.29) is 11.4 Å². The summed E-state index contributed by atoms with van der Waals surface area (Å²) >= 11 is 0. The molecule has 23 heavy (non-hydrogen) atoms. The average Bonchev–Trinajstić information content (AvgIpc) is 2.58. The molecule has 0 spiro atoms. The summed E-state index contributed by atoms with van der Waals surface area (Å²) in [6.07, 6.45) is 3.15. The number of hydrogen-bond donors (Lipinski definition) is 0. The molecule has 0 fully saturated rings. The molecule has 0 aliphatic rings. The van der Waals surface area contributed by atoms with Gasteiger partial charge in [0.25, 0.3) is 5.69 Å². The summed E-state index contributed by atoms with van der Waals surface area (Å²) in [5.41, 5.74) is 1.25. The van der Waals surface area contributed by atoms with Gasteiger partial charge in [0.15, 0.2) is 11.6 Å². The molecule has 0 unspecified atom stereocenters. The number of rotatable bonds is 4. The van der Waals surface area contributed by atoms with Gasteiger partial charge in [-0.05, 0) is 17.7 Å². The molecule has 5 nitrogen and oxygen atoms in total. The number of ether oxygens (including phenoxy) is 1. The van der Waals surface area contributed by atoms with Crippen LogP contribution < -0.4 is 4.74 Å². The Kier molecular flexibility index (Phi) is 3.97. The molecule has 6 heteroatoms. The Balaban J connectivity index is 1.97. The van der Waals surface area contributed by atoms with E-state index in [1.54, 1.807) is 12.3 Å². The first-order valence-corrected chi connectivity index (χ1v) is 6.76. The molecule has 0 N–H and O–H groups in total. The van der Waals surface area contributed by atoms with Gasteiger partial charge in [-0.3, -0.25) is 15.1 Å². The van der Waals surface area contributed by atoms with E-state index in [0.29, 0.717) is 11.3 Å². The zero-order valence-electron chi connectivity index (χ0n) is 11.8. The van der Waals surface area contributed by atoms with Crippen molar-refractivity contribution in [2.24, 2.45) is 0 Å². The monoisotopic (exact) mass is 310 g/mol. The maximum atomic E-state index is 14.0. The number of nitrogens with zero attached hydrogens (tertiary/aromatic N) is 2. The molecule has 0 atom stereocenters. The van der Waals surface area contributed by atoms with E-state index in [9.17, 15) is 14.5 Å². The molecule has 2 aromatic carbocycles. The number of benzene rings is 2. The van der Waals surface area contributed by atoms with Crippen molar-refractivity contribution >= 4 is 5.69 Å². The standard InChI is InChI=1S/C17H11FN2O3/c18-15-10-13(20(21)22)6-7-17(15)23-16-8-9-19-11-14(16)12-4-2-1-3-5-12/h1-11H. The smallest absolute Gasteiger partial charge is 0.272 e. The van der Waals surface area contributed by atoms with Crippen LogP contribution in [0.15, 0.2) is 67.0 Å². The molecule has 1 heterocycles. The first-order chi connectivity index (χ1) is 11.1. The van der Waals surface area contributed by atoms with Gasteiger partial charge in [-0.1, -0.05) is 30.3 Å². The number of hydrogen-bond acceptors (Lipinski definition) is 4. The number of aromatic nitrogens is 1. The largest absolute Gasteiger partial charge is 0.454 e. The Labute approximate surface area is 131 Å². The Morgan fingerprint density at radius 1 is 1.04 bits per heavy atom. The predicted molar refractivity (Wildman–Crippen MR) is 82.8 cm³/mol. The molecular formula is C17H11FN2O3. The second kappa shape index (κ2) is 6.23. The van der Waals surface area contributed by atoms with E-state index in [1.807, 2.05) is 30.3 Å². The number of halogens is 1. The molecule has 0 radical (unpaired) electrons. The van der Waals surface area contributed by atoms with Crippen LogP contribution in [0.2, 0.25) is 0 Å². The van der Waals surface area contributed by atoms with Crippen LogP contribution in [-0.2, 0) is 0 Å². The predicted octanol–water partition coefficient (Wildman–Crippen LogP) is 4.59. The van der Waals surface area contributed by atoms with Crippen LogP contribution in [0.1, 0.15) is 0 Å². The lowest BCUT2D eigenvalue weighted by molar-refractivity contribution is -0.385. The molecule has 1 aromatic heterocycles. The van der Waals surface area contributed by atoms with E-state index in [1.165, 1.54) is 18.3 Å². The summed E-state index contributed by atoms with van der Waals surface area (Å²) in [7, 11) is 0. The van der Waals surface area contributed by atoms with Crippen LogP contribution in [0.5, 0.6) is 11.5 Å². The van der Waals surface area contributed by atoms with Crippen molar-refractivity contribution < 1.29 is 14.1 Å². The number of nitro groups is 1. The van der Waals surface area contributed by atoms with E-state index in [0.717, 1.165) is 11.6 Å². The van der Waals surface area contributed by atoms with E-state index < -0.39 is 10.7 Å². The molecule has 3 aromatic rings. The maximum absolute atomic E-state index is 14.0. The van der Waals surface area contributed by atoms with Crippen LogP contribution in [0.4, 0.5) is 10.1 Å². The van der Waals surface area contributed by atoms with Gasteiger partial charge in [-0.15, -0.1) is 0 Å². The van der Waals surface area contributed by atoms with Crippen molar-refractivity contribution in [2.75, 3.05) is 0 Å². The van der Waals surface area contributed by atoms with E-state index in [2.05, 4.69) is 4.98 Å². The van der Waals surface area contributed by atoms with Crippen molar-refractivity contribution in [3.63, 3.8) is 0 Å². The van der Waals surface area contributed by atoms with Crippen molar-refractivity contribution in [3.05, 3.63) is 82.9 Å². The van der Waals surface area contributed by atoms with Gasteiger partial charge >= 0.3 is 0 Å². The average molecular weight is 310 g/mol. The highest BCUT2D eigenvalue weighted by Gasteiger charge is 2.14. The first kappa shape index (κ1) is 14.6. The molecule has 114 valence electrons. The maximum Gasteiger partial charge on any atom is 0.272 e. The normalized spacial score (nSPS) is 10.3. The minimum atomic E-state index is -0.796. The Hall–Kier alpha value is -3.28. The lowest BCUT2D eigenvalue weighted by atomic mass is 10.1. The minimum absolute atomic E-state index is 0.0843. The summed E-state index contributed by atoms with van der Waals surface area (Å²) in [5.74, 6) is -0.465. The zero-order chi connectivity index (χ0) is 16.2. The topological polar surface area (TPSA) is 65.3 Å². The second-order valence-corrected chi connectivity index (χ2v) is 4.71. The fourth-order valence-electron chi connectivity index (χ4n) is 2.11. The summed E-state index contributed by atoms with van der Waals surface area (Å²) in [6.45, 7) is 0. The second-order valence-electron chi connectivity index (χ2n) is 4.71. The van der Waals surface area contributed by atoms with Crippen LogP contribution in [0.3, 0.4) is 0 Å². The SMILES string of the molecule is O=[N+]([O-])c1ccc(Oc2ccncc2-c2ccccc2)c(F)c1. The van der Waals surface area contributed by atoms with Crippen LogP contribution in [0, 0.1) is 15.9 Å². The highest BCUT2D eigenvalue weighted by atomic mass is 19.1. The summed E-state index contributed by atoms with van der Waals surface area (Å²) in [6, 6.07) is 14.3. The van der Waals surface area contributed by atoms with Crippen LogP contribution in [-0.4, -0.2) is 9.91 Å². The van der Waals surface area contributed by atoms with Gasteiger partial charge in [0.1, 0.15) is 5.75 Å². The fraction of sp³-hybridized carbons (Fsp3) is 0. The molecule has 0 saturated carbocycles. The summed E-state index contributed by atoms with van der Waals surface area (Å²) < 4.78 is 19.6. The molecule has 0 amide bonds. The lowest BCUT2D eigenvalue weighted by Gasteiger charge is -2.11. The molecule has 0 saturated heterocycles. The minimum Gasteiger partial charge on any atom is -0.454 e. The van der Waals surface area contributed by atoms with Gasteiger partial charge in [-0.2, -0.15) is 0 Å². The van der Waals surface area contributed by atoms with Crippen LogP contribution in [0.25, 0.3) is 11.1 Å². The fourth-order valence-corrected chi connectivity index (χ4v) is 2.11. The zero-order valence-corrected chi connectivity index (χ0v) is 11.8. The third-order valence-electron chi connectivity index (χ3n) is 3.21. The number of nitro benzene ring substituents is 1. The van der Waals surface area contributed by atoms with Gasteiger partial charge in [0.2, 0.25) is 0 Å². The number of pyridine rings is 1. The summed E-state index contributed by atoms with van der Waals surface area (Å²) in [4.78, 5) is 14.1. The third-order valence-corrected chi connectivity index (χ3v) is 3.21. The van der Waals surface area contributed by atoms with E-state index in [4.69, 9.17) is 4.74 Å². The number of non-ortho nitro benzene ring substituents is 1. The van der Waals surface area contributed by atoms with Crippen molar-refractivity contribution in [2.45, 2.75) is 0 Å². The van der Waals surface area contributed by atoms with Gasteiger partial charge in [0, 0.05) is 24.0 Å². The third kappa shape index (κ3) is 3.16. The highest BCUT2D eigenvalue weighted by Crippen LogP contribution is 2.34. The quantitative estimate of drug-likeness (QED) is 0.522. The Morgan fingerprint density at radius 3 is 2.52 bits per heavy atom. The molecule has 0 aliphatic heterocycles. The first-order valence-electron chi connectivity index (χ1n) is 6.76. The van der Waals surface area contributed by atoms with E-state index >= 15 is 0 Å². The van der Waals surface area contributed by atoms with Gasteiger partial charge in [0.05, 0.1) is 11.0 Å². The molecule has 3 rings (SSSR count). The van der Waals surface area contributed by atoms with Crippen molar-refractivity contribution in [1.29, 1.82) is 0 Å². The Bertz CT molecular complexity index is 853. The van der Waals surface area contributed by atoms with Crippen molar-refractivity contribution in [1.82, 2.24) is 4.98 Å². The molecule has 0 bridgehead atoms. The lowest BCUT2D eigenvalue weighted by Crippen LogP contribution is -1.94.